The number of aryl methyl sites for hydroxylation is 2. The number of alkyl halides is 6. The van der Waals surface area contributed by atoms with Crippen molar-refractivity contribution < 1.29 is 88.5 Å². The van der Waals surface area contributed by atoms with E-state index in [1.807, 2.05) is 79.3 Å². The third-order valence-corrected chi connectivity index (χ3v) is 31.6. The van der Waals surface area contributed by atoms with Crippen LogP contribution in [-0.4, -0.2) is 165 Å². The van der Waals surface area contributed by atoms with Gasteiger partial charge in [0.2, 0.25) is 0 Å². The number of sulfonamides is 4. The first-order chi connectivity index (χ1) is 64.6. The van der Waals surface area contributed by atoms with Gasteiger partial charge in [-0.3, -0.25) is 35.9 Å². The summed E-state index contributed by atoms with van der Waals surface area (Å²) in [6, 6.07) is 41.1. The molecule has 0 aliphatic carbocycles. The molecule has 136 heavy (non-hydrogen) atoms. The number of para-hydroxylation sites is 1. The number of methoxy groups -OCH3 is 1. The second-order valence-electron chi connectivity index (χ2n) is 36.8. The monoisotopic (exact) mass is 1960 g/mol. The Balaban J connectivity index is 0.000000153. The van der Waals surface area contributed by atoms with Crippen LogP contribution in [-0.2, 0) is 102 Å². The number of ether oxygens (including phenoxy) is 5. The van der Waals surface area contributed by atoms with Crippen molar-refractivity contribution in [2.45, 2.75) is 179 Å². The van der Waals surface area contributed by atoms with Gasteiger partial charge in [-0.25, -0.2) is 38.5 Å². The van der Waals surface area contributed by atoms with Crippen LogP contribution in [0.2, 0.25) is 0 Å². The van der Waals surface area contributed by atoms with E-state index in [-0.39, 0.29) is 67.7 Å². The fourth-order valence-electron chi connectivity index (χ4n) is 17.3. The Kier molecular flexibility index (Phi) is 33.3. The number of aromatic nitrogens is 8. The van der Waals surface area contributed by atoms with E-state index in [9.17, 15) is 70.1 Å². The molecule has 0 unspecified atom stereocenters. The van der Waals surface area contributed by atoms with Crippen molar-refractivity contribution in [3.05, 3.63) is 216 Å². The fraction of sp³-hybridized carbons (Fsp3) is 0.455. The third kappa shape index (κ3) is 24.8. The van der Waals surface area contributed by atoms with Crippen LogP contribution in [0.15, 0.2) is 202 Å². The van der Waals surface area contributed by atoms with Crippen molar-refractivity contribution in [3.63, 3.8) is 0 Å². The lowest BCUT2D eigenvalue weighted by Gasteiger charge is -2.28. The van der Waals surface area contributed by atoms with Gasteiger partial charge in [-0.15, -0.1) is 0 Å². The topological polar surface area (TPSA) is 308 Å². The Bertz CT molecular complexity index is 6670. The van der Waals surface area contributed by atoms with Crippen LogP contribution in [0.1, 0.15) is 145 Å². The van der Waals surface area contributed by atoms with Gasteiger partial charge in [-0.2, -0.15) is 52.0 Å². The highest BCUT2D eigenvalue weighted by molar-refractivity contribution is 7.93. The molecule has 4 fully saturated rings. The molecule has 27 nitrogen and oxygen atoms in total. The lowest BCUT2D eigenvalue weighted by atomic mass is 10.0. The first-order valence-electron chi connectivity index (χ1n) is 45.9. The van der Waals surface area contributed by atoms with Crippen molar-refractivity contribution in [1.29, 1.82) is 5.26 Å². The summed E-state index contributed by atoms with van der Waals surface area (Å²) in [7, 11) is -14.6. The summed E-state index contributed by atoms with van der Waals surface area (Å²) < 4.78 is 229. The van der Waals surface area contributed by atoms with E-state index in [0.717, 1.165) is 185 Å². The van der Waals surface area contributed by atoms with Gasteiger partial charge in [0.05, 0.1) is 125 Å². The summed E-state index contributed by atoms with van der Waals surface area (Å²) in [6.07, 6.45) is 5.41. The standard InChI is InChI=1S/C26H33N3O5S.C25H30N4O3S.2C24H28F3N3O3S/c1-18(2)16-29(24-7-5-21(13-19(24)3)26(30)33-4)35(31,32)23-6-8-25-22(14-23)15-27-28(25)17-20-9-11-34-12-10-20;1-18(2)16-29(24-6-4-21(14-26)12-19(24)3)33(30,31)23-5-7-25-22(13-23)15-27-28(25)17-20-8-10-32-11-9-20;1-17(2)15-30(21-5-3-20(4-6-21)24(25,26)27)34(31,32)22-7-8-23-19(13-22)14-28-29(23)16-18-9-11-33-12-10-18;1-17(2)15-30(23-6-4-3-5-21(23)24(25,26)27)34(31,32)20-7-8-22-19(13-20)14-28-29(22)16-18-9-11-33-12-10-18/h5-8,13-15,18,20H,9-12,16-17H2,1-4H3;4-7,12-13,15,18,20H,8-11,16-17H2,1-3H3;2*3-8,13-14,17-18H,9-12,15-16H2,1-2H3. The van der Waals surface area contributed by atoms with E-state index in [0.29, 0.717) is 82.1 Å². The Morgan fingerprint density at radius 3 is 1.01 bits per heavy atom. The molecule has 0 spiro atoms. The minimum absolute atomic E-state index is 0.0389. The largest absolute Gasteiger partial charge is 0.465 e. The van der Waals surface area contributed by atoms with Crippen LogP contribution in [0.25, 0.3) is 43.6 Å². The number of halogens is 6. The highest BCUT2D eigenvalue weighted by Crippen LogP contribution is 2.42. The number of carbonyl (C=O) groups excluding carboxylic acids is 1. The molecule has 37 heteroatoms. The first-order valence-corrected chi connectivity index (χ1v) is 51.7. The molecule has 0 N–H and O–H groups in total. The molecule has 730 valence electrons. The smallest absolute Gasteiger partial charge is 0.418 e. The van der Waals surface area contributed by atoms with E-state index in [4.69, 9.17) is 23.7 Å². The summed E-state index contributed by atoms with van der Waals surface area (Å²) in [4.78, 5) is 12.4. The fourth-order valence-corrected chi connectivity index (χ4v) is 24.1. The van der Waals surface area contributed by atoms with Gasteiger partial charge in [-0.1, -0.05) is 67.5 Å². The second kappa shape index (κ2) is 44.2. The van der Waals surface area contributed by atoms with Gasteiger partial charge < -0.3 is 23.7 Å². The van der Waals surface area contributed by atoms with E-state index in [1.165, 1.54) is 68.6 Å². The maximum Gasteiger partial charge on any atom is 0.418 e. The first kappa shape index (κ1) is 102. The third-order valence-electron chi connectivity index (χ3n) is 24.5. The van der Waals surface area contributed by atoms with Gasteiger partial charge in [0.15, 0.2) is 0 Å². The maximum atomic E-state index is 13.9. The molecule has 0 radical (unpaired) electrons. The van der Waals surface area contributed by atoms with Crippen molar-refractivity contribution in [2.75, 3.05) is 103 Å². The lowest BCUT2D eigenvalue weighted by Crippen LogP contribution is -2.35. The SMILES string of the molecule is CC(C)CN(c1ccc(C(F)(F)F)cc1)S(=O)(=O)c1ccc2c(cnn2CC2CCOCC2)c1.CC(C)CN(c1ccccc1C(F)(F)F)S(=O)(=O)c1ccc2c(cnn2CC2CCOCC2)c1.COC(=O)c1ccc(N(CC(C)C)S(=O)(=O)c2ccc3c(cnn3CC3CCOCC3)c2)c(C)c1.Cc1cc(C#N)ccc1N(CC(C)C)S(=O)(=O)c1ccc2c(cnn2CC2CCOCC2)c1. The molecule has 4 aromatic heterocycles. The van der Waals surface area contributed by atoms with Crippen LogP contribution in [0.5, 0.6) is 0 Å². The van der Waals surface area contributed by atoms with Crippen LogP contribution >= 0.6 is 0 Å². The average Bonchev–Trinajstić information content (AvgIpc) is 1.13. The number of rotatable bonds is 29. The minimum atomic E-state index is -4.68. The number of esters is 1. The van der Waals surface area contributed by atoms with Gasteiger partial charge in [-0.05, 0) is 269 Å². The lowest BCUT2D eigenvalue weighted by molar-refractivity contribution is -0.138. The van der Waals surface area contributed by atoms with Gasteiger partial charge in [0.25, 0.3) is 40.1 Å². The number of hydrogen-bond acceptors (Lipinski definition) is 19. The molecular formula is C99H119F6N13O14S4. The van der Waals surface area contributed by atoms with Crippen molar-refractivity contribution in [2.24, 2.45) is 47.3 Å². The number of nitrogens with zero attached hydrogens (tertiary/aromatic N) is 13. The summed E-state index contributed by atoms with van der Waals surface area (Å²) in [5, 5.41) is 30.1. The number of nitriles is 1. The van der Waals surface area contributed by atoms with Crippen molar-refractivity contribution in [1.82, 2.24) is 39.1 Å². The predicted octanol–water partition coefficient (Wildman–Crippen LogP) is 19.6. The molecule has 8 heterocycles. The maximum absolute atomic E-state index is 13.9. The molecule has 4 aliphatic heterocycles. The number of hydrogen-bond donors (Lipinski definition) is 0. The zero-order valence-electron chi connectivity index (χ0n) is 78.3. The van der Waals surface area contributed by atoms with Crippen molar-refractivity contribution >= 4 is 112 Å². The number of fused-ring (bicyclic) bond motifs is 4. The Hall–Kier alpha value is -11.0. The van der Waals surface area contributed by atoms with E-state index < -0.39 is 69.5 Å². The molecule has 8 aromatic carbocycles. The predicted molar refractivity (Wildman–Crippen MR) is 512 cm³/mol. The highest BCUT2D eigenvalue weighted by atomic mass is 32.2. The summed E-state index contributed by atoms with van der Waals surface area (Å²) >= 11 is 0. The molecule has 0 saturated carbocycles. The van der Waals surface area contributed by atoms with Crippen LogP contribution in [0.3, 0.4) is 0 Å². The van der Waals surface area contributed by atoms with Crippen molar-refractivity contribution in [3.8, 4) is 6.07 Å². The number of anilines is 4. The second-order valence-corrected chi connectivity index (χ2v) is 44.2. The summed E-state index contributed by atoms with van der Waals surface area (Å²) in [5.74, 6) is 1.45. The molecule has 12 aromatic rings. The Morgan fingerprint density at radius 2 is 0.713 bits per heavy atom. The summed E-state index contributed by atoms with van der Waals surface area (Å²) in [6.45, 7) is 28.6. The quantitative estimate of drug-likeness (QED) is 0.0310. The zero-order valence-corrected chi connectivity index (χ0v) is 81.6. The zero-order chi connectivity index (χ0) is 97.8. The normalized spacial score (nSPS) is 15.4. The van der Waals surface area contributed by atoms with Gasteiger partial charge >= 0.3 is 18.3 Å². The molecular weight excluding hydrogens is 1840 g/mol. The number of carbonyl (C=O) groups is 1. The van der Waals surface area contributed by atoms with Gasteiger partial charge in [0.1, 0.15) is 0 Å². The molecule has 0 amide bonds. The molecule has 0 atom stereocenters. The van der Waals surface area contributed by atoms with E-state index in [2.05, 4.69) is 26.5 Å². The molecule has 16 rings (SSSR count). The minimum Gasteiger partial charge on any atom is -0.465 e. The van der Waals surface area contributed by atoms with Crippen LogP contribution in [0, 0.1) is 72.5 Å². The Labute approximate surface area is 791 Å². The molecule has 4 aliphatic rings. The van der Waals surface area contributed by atoms with E-state index >= 15 is 0 Å². The summed E-state index contributed by atoms with van der Waals surface area (Å²) in [5.41, 5.74) is 4.97. The molecule has 4 saturated heterocycles. The number of benzene rings is 8. The van der Waals surface area contributed by atoms with Crippen LogP contribution in [0.4, 0.5) is 49.1 Å². The highest BCUT2D eigenvalue weighted by Gasteiger charge is 2.40. The van der Waals surface area contributed by atoms with Gasteiger partial charge in [0, 0.05) is 127 Å². The van der Waals surface area contributed by atoms with E-state index in [1.54, 1.807) is 124 Å². The molecule has 0 bridgehead atoms. The average molecular weight is 1960 g/mol. The van der Waals surface area contributed by atoms with Crippen LogP contribution < -0.4 is 17.2 Å². The Morgan fingerprint density at radius 1 is 0.404 bits per heavy atom.